The van der Waals surface area contributed by atoms with Crippen LogP contribution in [-0.2, 0) is 12.6 Å². The summed E-state index contributed by atoms with van der Waals surface area (Å²) in [5.41, 5.74) is 1.25. The van der Waals surface area contributed by atoms with Crippen molar-refractivity contribution in [3.8, 4) is 5.75 Å². The average Bonchev–Trinajstić information content (AvgIpc) is 2.99. The lowest BCUT2D eigenvalue weighted by molar-refractivity contribution is -0.137. The summed E-state index contributed by atoms with van der Waals surface area (Å²) in [7, 11) is 1.47. The van der Waals surface area contributed by atoms with Crippen molar-refractivity contribution in [1.82, 2.24) is 9.38 Å². The maximum absolute atomic E-state index is 13.1. The molecule has 3 aromatic rings. The van der Waals surface area contributed by atoms with Crippen LogP contribution in [-0.4, -0.2) is 22.4 Å². The molecule has 0 saturated heterocycles. The molecule has 0 fully saturated rings. The van der Waals surface area contributed by atoms with Crippen LogP contribution in [0.25, 0.3) is 5.65 Å². The molecular formula is C19H18F3N3O2. The van der Waals surface area contributed by atoms with Crippen molar-refractivity contribution >= 4 is 17.2 Å². The molecule has 0 bridgehead atoms. The summed E-state index contributed by atoms with van der Waals surface area (Å²) in [6.07, 6.45) is -3.22. The minimum atomic E-state index is -4.52. The number of rotatable bonds is 4. The molecule has 1 aromatic carbocycles. The van der Waals surface area contributed by atoms with Crippen molar-refractivity contribution in [2.24, 2.45) is 0 Å². The molecule has 1 amide bonds. The lowest BCUT2D eigenvalue weighted by atomic mass is 10.2. The summed E-state index contributed by atoms with van der Waals surface area (Å²) in [5.74, 6) is -0.0978. The highest BCUT2D eigenvalue weighted by Gasteiger charge is 2.32. The van der Waals surface area contributed by atoms with Gasteiger partial charge in [0.25, 0.3) is 5.91 Å². The summed E-state index contributed by atoms with van der Waals surface area (Å²) in [4.78, 5) is 17.2. The van der Waals surface area contributed by atoms with Gasteiger partial charge >= 0.3 is 6.18 Å². The molecule has 3 rings (SSSR count). The van der Waals surface area contributed by atoms with Crippen LogP contribution >= 0.6 is 0 Å². The number of pyridine rings is 1. The Hall–Kier alpha value is -3.03. The summed E-state index contributed by atoms with van der Waals surface area (Å²) >= 11 is 0. The summed E-state index contributed by atoms with van der Waals surface area (Å²) in [5, 5.41) is 2.72. The maximum atomic E-state index is 13.1. The number of anilines is 1. The first-order valence-corrected chi connectivity index (χ1v) is 8.28. The number of aromatic nitrogens is 2. The fourth-order valence-electron chi connectivity index (χ4n) is 2.85. The molecule has 5 nitrogen and oxygen atoms in total. The van der Waals surface area contributed by atoms with Crippen LogP contribution in [0.4, 0.5) is 18.9 Å². The Labute approximate surface area is 153 Å². The van der Waals surface area contributed by atoms with Crippen LogP contribution < -0.4 is 10.1 Å². The second kappa shape index (κ2) is 6.94. The van der Waals surface area contributed by atoms with E-state index in [1.807, 2.05) is 13.0 Å². The molecule has 27 heavy (non-hydrogen) atoms. The van der Waals surface area contributed by atoms with Gasteiger partial charge in [0.1, 0.15) is 17.1 Å². The van der Waals surface area contributed by atoms with E-state index in [1.54, 1.807) is 19.1 Å². The van der Waals surface area contributed by atoms with Gasteiger partial charge in [-0.25, -0.2) is 4.98 Å². The predicted octanol–water partition coefficient (Wildman–Crippen LogP) is 4.48. The Bertz CT molecular complexity index is 1010. The van der Waals surface area contributed by atoms with Crippen LogP contribution in [0.3, 0.4) is 0 Å². The molecular weight excluding hydrogens is 359 g/mol. The van der Waals surface area contributed by atoms with E-state index in [0.29, 0.717) is 23.6 Å². The van der Waals surface area contributed by atoms with Gasteiger partial charge < -0.3 is 10.1 Å². The number of methoxy groups -OCH3 is 1. The maximum Gasteiger partial charge on any atom is 0.417 e. The van der Waals surface area contributed by atoms with Gasteiger partial charge in [-0.15, -0.1) is 0 Å². The number of benzene rings is 1. The molecule has 1 N–H and O–H groups in total. The van der Waals surface area contributed by atoms with Gasteiger partial charge in [0, 0.05) is 6.20 Å². The quantitative estimate of drug-likeness (QED) is 0.729. The van der Waals surface area contributed by atoms with Gasteiger partial charge in [-0.05, 0) is 43.2 Å². The lowest BCUT2D eigenvalue weighted by Crippen LogP contribution is -2.17. The number of nitrogens with one attached hydrogen (secondary N) is 1. The Balaban J connectivity index is 2.09. The minimum Gasteiger partial charge on any atom is -0.495 e. The largest absolute Gasteiger partial charge is 0.495 e. The van der Waals surface area contributed by atoms with E-state index < -0.39 is 17.6 Å². The monoisotopic (exact) mass is 377 g/mol. The number of aryl methyl sites for hydroxylation is 2. The number of hydrogen-bond acceptors (Lipinski definition) is 3. The third-order valence-corrected chi connectivity index (χ3v) is 4.17. The highest BCUT2D eigenvalue weighted by molar-refractivity contribution is 6.05. The lowest BCUT2D eigenvalue weighted by Gasteiger charge is -2.12. The van der Waals surface area contributed by atoms with Gasteiger partial charge in [-0.1, -0.05) is 13.0 Å². The van der Waals surface area contributed by atoms with E-state index in [9.17, 15) is 18.0 Å². The van der Waals surface area contributed by atoms with Gasteiger partial charge in [-0.2, -0.15) is 13.2 Å². The molecule has 0 atom stereocenters. The molecule has 0 radical (unpaired) electrons. The molecule has 0 spiro atoms. The standard InChI is InChI=1S/C19H18F3N3O2/c1-4-13-17(18(26)24-14-9-11(2)5-7-15(14)27-3)25-10-12(19(20,21)22)6-8-16(25)23-13/h5-10H,4H2,1-3H3,(H,24,26). The Morgan fingerprint density at radius 3 is 2.63 bits per heavy atom. The van der Waals surface area contributed by atoms with E-state index in [1.165, 1.54) is 17.6 Å². The fourth-order valence-corrected chi connectivity index (χ4v) is 2.85. The number of carbonyl (C=O) groups is 1. The van der Waals surface area contributed by atoms with Gasteiger partial charge in [0.05, 0.1) is 24.1 Å². The minimum absolute atomic E-state index is 0.0714. The number of carbonyl (C=O) groups excluding carboxylic acids is 1. The number of nitrogens with zero attached hydrogens (tertiary/aromatic N) is 2. The normalized spacial score (nSPS) is 11.6. The van der Waals surface area contributed by atoms with Crippen molar-refractivity contribution in [1.29, 1.82) is 0 Å². The number of amides is 1. The molecule has 0 saturated carbocycles. The Kier molecular flexibility index (Phi) is 4.82. The smallest absolute Gasteiger partial charge is 0.417 e. The second-order valence-corrected chi connectivity index (χ2v) is 6.06. The first-order chi connectivity index (χ1) is 12.7. The molecule has 0 unspecified atom stereocenters. The molecule has 2 aromatic heterocycles. The van der Waals surface area contributed by atoms with Crippen molar-refractivity contribution < 1.29 is 22.7 Å². The van der Waals surface area contributed by atoms with Crippen LogP contribution in [0.5, 0.6) is 5.75 Å². The second-order valence-electron chi connectivity index (χ2n) is 6.06. The van der Waals surface area contributed by atoms with Crippen LogP contribution in [0, 0.1) is 6.92 Å². The van der Waals surface area contributed by atoms with Gasteiger partial charge in [-0.3, -0.25) is 9.20 Å². The number of halogens is 3. The molecule has 0 aliphatic rings. The van der Waals surface area contributed by atoms with Gasteiger partial charge in [0.2, 0.25) is 0 Å². The summed E-state index contributed by atoms with van der Waals surface area (Å²) in [6, 6.07) is 7.48. The van der Waals surface area contributed by atoms with Crippen LogP contribution in [0.15, 0.2) is 36.5 Å². The van der Waals surface area contributed by atoms with Crippen LogP contribution in [0.1, 0.15) is 34.2 Å². The number of hydrogen-bond donors (Lipinski definition) is 1. The third kappa shape index (κ3) is 3.60. The van der Waals surface area contributed by atoms with E-state index in [0.717, 1.165) is 17.8 Å². The van der Waals surface area contributed by atoms with Crippen molar-refractivity contribution in [3.63, 3.8) is 0 Å². The number of imidazole rings is 1. The SMILES string of the molecule is CCc1nc2ccc(C(F)(F)F)cn2c1C(=O)Nc1cc(C)ccc1OC. The Morgan fingerprint density at radius 2 is 2.00 bits per heavy atom. The van der Waals surface area contributed by atoms with E-state index in [2.05, 4.69) is 10.3 Å². The molecule has 142 valence electrons. The first kappa shape index (κ1) is 18.8. The van der Waals surface area contributed by atoms with E-state index in [4.69, 9.17) is 4.74 Å². The Morgan fingerprint density at radius 1 is 1.26 bits per heavy atom. The number of fused-ring (bicyclic) bond motifs is 1. The molecule has 0 aliphatic carbocycles. The zero-order valence-electron chi connectivity index (χ0n) is 15.0. The number of ether oxygens (including phenoxy) is 1. The molecule has 8 heteroatoms. The predicted molar refractivity (Wildman–Crippen MR) is 95.3 cm³/mol. The summed E-state index contributed by atoms with van der Waals surface area (Å²) in [6.45, 7) is 3.65. The first-order valence-electron chi connectivity index (χ1n) is 8.28. The molecule has 2 heterocycles. The van der Waals surface area contributed by atoms with Crippen LogP contribution in [0.2, 0.25) is 0 Å². The van der Waals surface area contributed by atoms with E-state index >= 15 is 0 Å². The molecule has 0 aliphatic heterocycles. The fraction of sp³-hybridized carbons (Fsp3) is 0.263. The van der Waals surface area contributed by atoms with Crippen molar-refractivity contribution in [3.05, 3.63) is 59.0 Å². The number of alkyl halides is 3. The third-order valence-electron chi connectivity index (χ3n) is 4.17. The van der Waals surface area contributed by atoms with Crippen molar-refractivity contribution in [2.75, 3.05) is 12.4 Å². The average molecular weight is 377 g/mol. The topological polar surface area (TPSA) is 55.6 Å². The highest BCUT2D eigenvalue weighted by atomic mass is 19.4. The zero-order valence-corrected chi connectivity index (χ0v) is 15.0. The van der Waals surface area contributed by atoms with E-state index in [-0.39, 0.29) is 11.3 Å². The zero-order chi connectivity index (χ0) is 19.8. The van der Waals surface area contributed by atoms with Crippen molar-refractivity contribution in [2.45, 2.75) is 26.4 Å². The summed E-state index contributed by atoms with van der Waals surface area (Å²) < 4.78 is 45.6. The van der Waals surface area contributed by atoms with Gasteiger partial charge in [0.15, 0.2) is 0 Å². The highest BCUT2D eigenvalue weighted by Crippen LogP contribution is 2.30.